The predicted octanol–water partition coefficient (Wildman–Crippen LogP) is 3.97. The third-order valence-corrected chi connectivity index (χ3v) is 2.44. The fourth-order valence-corrected chi connectivity index (χ4v) is 1.46. The Morgan fingerprint density at radius 3 is 2.52 bits per heavy atom. The van der Waals surface area contributed by atoms with Gasteiger partial charge in [-0.3, -0.25) is 0 Å². The molecule has 0 aliphatic heterocycles. The van der Waals surface area contributed by atoms with Crippen LogP contribution in [0.4, 0.5) is 13.2 Å². The maximum atomic E-state index is 12.4. The van der Waals surface area contributed by atoms with Crippen LogP contribution in [0.1, 0.15) is 11.5 Å². The van der Waals surface area contributed by atoms with E-state index in [1.165, 1.54) is 18.4 Å². The maximum Gasteiger partial charge on any atom is 0.416 e. The Bertz CT molecular complexity index is 630. The van der Waals surface area contributed by atoms with Gasteiger partial charge in [-0.15, -0.1) is 10.2 Å². The molecule has 0 fully saturated rings. The van der Waals surface area contributed by atoms with Gasteiger partial charge in [0.05, 0.1) is 11.8 Å². The quantitative estimate of drug-likeness (QED) is 0.618. The van der Waals surface area contributed by atoms with Gasteiger partial charge in [-0.25, -0.2) is 0 Å². The monoisotopic (exact) mass is 296 g/mol. The van der Waals surface area contributed by atoms with Gasteiger partial charge in [0.25, 0.3) is 5.89 Å². The number of hydrogen-bond acceptors (Lipinski definition) is 4. The Kier molecular flexibility index (Phi) is 4.42. The fraction of sp³-hybridized carbons (Fsp3) is 0.143. The van der Waals surface area contributed by atoms with Crippen LogP contribution in [0.3, 0.4) is 0 Å². The maximum absolute atomic E-state index is 12.4. The Morgan fingerprint density at radius 1 is 1.19 bits per heavy atom. The molecule has 0 amide bonds. The third kappa shape index (κ3) is 3.95. The van der Waals surface area contributed by atoms with Crippen molar-refractivity contribution in [2.24, 2.45) is 0 Å². The lowest BCUT2D eigenvalue weighted by molar-refractivity contribution is -0.137. The fourth-order valence-electron chi connectivity index (χ4n) is 1.46. The van der Waals surface area contributed by atoms with Gasteiger partial charge in [0.2, 0.25) is 5.89 Å². The van der Waals surface area contributed by atoms with Crippen LogP contribution in [0.25, 0.3) is 11.5 Å². The summed E-state index contributed by atoms with van der Waals surface area (Å²) in [7, 11) is 0. The largest absolute Gasteiger partial charge is 0.491 e. The first kappa shape index (κ1) is 14.8. The average molecular weight is 296 g/mol. The molecule has 0 atom stereocenters. The molecule has 0 saturated heterocycles. The zero-order valence-electron chi connectivity index (χ0n) is 10.8. The first-order chi connectivity index (χ1) is 10.0. The van der Waals surface area contributed by atoms with E-state index < -0.39 is 11.7 Å². The Morgan fingerprint density at radius 2 is 1.90 bits per heavy atom. The van der Waals surface area contributed by atoms with Crippen molar-refractivity contribution in [1.82, 2.24) is 10.2 Å². The van der Waals surface area contributed by atoms with Gasteiger partial charge in [0.1, 0.15) is 0 Å². The molecule has 0 saturated carbocycles. The van der Waals surface area contributed by atoms with E-state index in [0.29, 0.717) is 5.56 Å². The summed E-state index contributed by atoms with van der Waals surface area (Å²) >= 11 is 0. The van der Waals surface area contributed by atoms with Crippen molar-refractivity contribution in [3.05, 3.63) is 60.7 Å². The molecule has 0 N–H and O–H groups in total. The second-order valence-corrected chi connectivity index (χ2v) is 3.95. The van der Waals surface area contributed by atoms with Crippen LogP contribution in [-0.2, 0) is 17.5 Å². The van der Waals surface area contributed by atoms with E-state index in [0.717, 1.165) is 12.1 Å². The molecule has 7 heteroatoms. The van der Waals surface area contributed by atoms with Crippen molar-refractivity contribution < 1.29 is 22.3 Å². The number of ether oxygens (including phenoxy) is 1. The van der Waals surface area contributed by atoms with Crippen LogP contribution in [0.2, 0.25) is 0 Å². The van der Waals surface area contributed by atoms with Crippen molar-refractivity contribution in [2.45, 2.75) is 12.8 Å². The Labute approximate surface area is 118 Å². The molecule has 0 unspecified atom stereocenters. The molecule has 0 aliphatic carbocycles. The summed E-state index contributed by atoms with van der Waals surface area (Å²) in [5.41, 5.74) is -0.327. The van der Waals surface area contributed by atoms with E-state index in [-0.39, 0.29) is 18.4 Å². The van der Waals surface area contributed by atoms with Gasteiger partial charge in [-0.05, 0) is 30.3 Å². The summed E-state index contributed by atoms with van der Waals surface area (Å²) in [6.45, 7) is 3.54. The van der Waals surface area contributed by atoms with Crippen molar-refractivity contribution in [3.8, 4) is 11.5 Å². The summed E-state index contributed by atoms with van der Waals surface area (Å²) in [4.78, 5) is 0. The lowest BCUT2D eigenvalue weighted by Crippen LogP contribution is -2.03. The molecule has 21 heavy (non-hydrogen) atoms. The minimum atomic E-state index is -4.37. The minimum absolute atomic E-state index is 0.0674. The van der Waals surface area contributed by atoms with Gasteiger partial charge in [-0.1, -0.05) is 12.7 Å². The van der Waals surface area contributed by atoms with Gasteiger partial charge < -0.3 is 9.15 Å². The van der Waals surface area contributed by atoms with Crippen LogP contribution >= 0.6 is 0 Å². The highest BCUT2D eigenvalue weighted by Crippen LogP contribution is 2.30. The molecule has 0 radical (unpaired) electrons. The molecular weight excluding hydrogens is 285 g/mol. The molecule has 2 aromatic rings. The summed E-state index contributed by atoms with van der Waals surface area (Å²) in [6, 6.07) is 4.47. The molecule has 1 aromatic carbocycles. The second-order valence-electron chi connectivity index (χ2n) is 3.95. The molecular formula is C14H11F3N2O2. The molecule has 0 bridgehead atoms. The highest BCUT2D eigenvalue weighted by Gasteiger charge is 2.30. The Balaban J connectivity index is 2.07. The Hall–Kier alpha value is -2.57. The number of benzene rings is 1. The van der Waals surface area contributed by atoms with Gasteiger partial charge in [0.15, 0.2) is 6.61 Å². The first-order valence-corrected chi connectivity index (χ1v) is 5.90. The van der Waals surface area contributed by atoms with Crippen LogP contribution in [0.15, 0.2) is 53.7 Å². The topological polar surface area (TPSA) is 48.2 Å². The predicted molar refractivity (Wildman–Crippen MR) is 68.9 cm³/mol. The van der Waals surface area contributed by atoms with E-state index in [1.807, 2.05) is 0 Å². The SMILES string of the molecule is C=C/C=C\OCc1nnc(-c2ccc(C(F)(F)F)cc2)o1. The van der Waals surface area contributed by atoms with Crippen molar-refractivity contribution >= 4 is 0 Å². The number of allylic oxidation sites excluding steroid dienone is 2. The van der Waals surface area contributed by atoms with E-state index in [1.54, 1.807) is 12.2 Å². The third-order valence-electron chi connectivity index (χ3n) is 2.44. The summed E-state index contributed by atoms with van der Waals surface area (Å²) in [6.07, 6.45) is 0.174. The molecule has 2 rings (SSSR count). The van der Waals surface area contributed by atoms with Crippen molar-refractivity contribution in [2.75, 3.05) is 0 Å². The number of rotatable bonds is 5. The normalized spacial score (nSPS) is 11.8. The number of nitrogens with zero attached hydrogens (tertiary/aromatic N) is 2. The minimum Gasteiger partial charge on any atom is -0.491 e. The van der Waals surface area contributed by atoms with E-state index in [9.17, 15) is 13.2 Å². The smallest absolute Gasteiger partial charge is 0.416 e. The highest BCUT2D eigenvalue weighted by molar-refractivity contribution is 5.53. The van der Waals surface area contributed by atoms with Gasteiger partial charge in [-0.2, -0.15) is 13.2 Å². The van der Waals surface area contributed by atoms with Crippen molar-refractivity contribution in [3.63, 3.8) is 0 Å². The van der Waals surface area contributed by atoms with Crippen LogP contribution in [-0.4, -0.2) is 10.2 Å². The van der Waals surface area contributed by atoms with Crippen LogP contribution in [0, 0.1) is 0 Å². The molecule has 0 aliphatic rings. The van der Waals surface area contributed by atoms with E-state index in [4.69, 9.17) is 9.15 Å². The van der Waals surface area contributed by atoms with Crippen molar-refractivity contribution in [1.29, 1.82) is 0 Å². The average Bonchev–Trinajstić information content (AvgIpc) is 2.92. The molecule has 4 nitrogen and oxygen atoms in total. The zero-order valence-corrected chi connectivity index (χ0v) is 10.8. The second kappa shape index (κ2) is 6.25. The number of halogens is 3. The number of alkyl halides is 3. The lowest BCUT2D eigenvalue weighted by atomic mass is 10.1. The summed E-state index contributed by atoms with van der Waals surface area (Å²) in [5, 5.41) is 7.49. The zero-order chi connectivity index (χ0) is 15.3. The number of aromatic nitrogens is 2. The summed E-state index contributed by atoms with van der Waals surface area (Å²) in [5.74, 6) is 0.355. The molecule has 1 heterocycles. The van der Waals surface area contributed by atoms with E-state index >= 15 is 0 Å². The van der Waals surface area contributed by atoms with Gasteiger partial charge in [0, 0.05) is 5.56 Å². The lowest BCUT2D eigenvalue weighted by Gasteiger charge is -2.05. The van der Waals surface area contributed by atoms with Crippen LogP contribution < -0.4 is 0 Å². The van der Waals surface area contributed by atoms with E-state index in [2.05, 4.69) is 16.8 Å². The molecule has 110 valence electrons. The molecule has 1 aromatic heterocycles. The standard InChI is InChI=1S/C14H11F3N2O2/c1-2-3-8-20-9-12-18-19-13(21-12)10-4-6-11(7-5-10)14(15,16)17/h2-8H,1,9H2/b8-3-. The number of hydrogen-bond donors (Lipinski definition) is 0. The van der Waals surface area contributed by atoms with Gasteiger partial charge >= 0.3 is 6.18 Å². The first-order valence-electron chi connectivity index (χ1n) is 5.90. The van der Waals surface area contributed by atoms with Crippen LogP contribution in [0.5, 0.6) is 0 Å². The summed E-state index contributed by atoms with van der Waals surface area (Å²) < 4.78 is 47.7. The molecule has 0 spiro atoms. The highest BCUT2D eigenvalue weighted by atomic mass is 19.4.